The Hall–Kier alpha value is -0.730. The number of carbonyl (C=O) groups excluding carboxylic acids is 1. The van der Waals surface area contributed by atoms with Crippen LogP contribution in [-0.2, 0) is 19.6 Å². The highest BCUT2D eigenvalue weighted by Gasteiger charge is 2.25. The van der Waals surface area contributed by atoms with E-state index in [9.17, 15) is 13.2 Å². The molecule has 112 valence electrons. The van der Waals surface area contributed by atoms with Crippen molar-refractivity contribution in [1.29, 1.82) is 0 Å². The van der Waals surface area contributed by atoms with Gasteiger partial charge in [0.15, 0.2) is 0 Å². The standard InChI is InChI=1S/C11H22N2O4S2/c1-4-17-11(14)6-8-19(15,16)13(9(2)3)7-5-10(12)18/h9H,4-8H2,1-3H3,(H2,12,18). The number of nitrogens with two attached hydrogens (primary N) is 1. The molecule has 0 radical (unpaired) electrons. The van der Waals surface area contributed by atoms with Gasteiger partial charge in [0.05, 0.1) is 23.8 Å². The Morgan fingerprint density at radius 3 is 2.37 bits per heavy atom. The molecular weight excluding hydrogens is 288 g/mol. The number of sulfonamides is 1. The Kier molecular flexibility index (Phi) is 8.12. The molecule has 0 aromatic carbocycles. The topological polar surface area (TPSA) is 89.7 Å². The van der Waals surface area contributed by atoms with Crippen LogP contribution in [0.2, 0.25) is 0 Å². The summed E-state index contributed by atoms with van der Waals surface area (Å²) in [5, 5.41) is 0. The van der Waals surface area contributed by atoms with E-state index < -0.39 is 16.0 Å². The average molecular weight is 310 g/mol. The maximum Gasteiger partial charge on any atom is 0.306 e. The fourth-order valence-electron chi connectivity index (χ4n) is 1.50. The number of thiocarbonyl (C=S) groups is 1. The molecule has 0 aromatic rings. The van der Waals surface area contributed by atoms with Crippen molar-refractivity contribution in [2.45, 2.75) is 39.7 Å². The second kappa shape index (κ2) is 8.44. The molecule has 0 bridgehead atoms. The number of nitrogens with zero attached hydrogens (tertiary/aromatic N) is 1. The molecule has 19 heavy (non-hydrogen) atoms. The quantitative estimate of drug-likeness (QED) is 0.497. The van der Waals surface area contributed by atoms with Gasteiger partial charge >= 0.3 is 5.97 Å². The van der Waals surface area contributed by atoms with Gasteiger partial charge in [-0.1, -0.05) is 12.2 Å². The monoisotopic (exact) mass is 310 g/mol. The Morgan fingerprint density at radius 1 is 1.37 bits per heavy atom. The number of carbonyl (C=O) groups is 1. The number of ether oxygens (including phenoxy) is 1. The van der Waals surface area contributed by atoms with Gasteiger partial charge in [0.2, 0.25) is 10.0 Å². The molecule has 0 saturated heterocycles. The van der Waals surface area contributed by atoms with Gasteiger partial charge in [0, 0.05) is 19.0 Å². The Balaban J connectivity index is 4.62. The highest BCUT2D eigenvalue weighted by atomic mass is 32.2. The van der Waals surface area contributed by atoms with Crippen LogP contribution in [0.1, 0.15) is 33.6 Å². The normalized spacial score (nSPS) is 11.8. The van der Waals surface area contributed by atoms with Crippen molar-refractivity contribution in [3.05, 3.63) is 0 Å². The molecule has 0 aliphatic heterocycles. The molecule has 0 fully saturated rings. The van der Waals surface area contributed by atoms with Crippen molar-refractivity contribution >= 4 is 33.2 Å². The minimum atomic E-state index is -3.51. The van der Waals surface area contributed by atoms with Crippen molar-refractivity contribution in [2.75, 3.05) is 18.9 Å². The lowest BCUT2D eigenvalue weighted by atomic mass is 10.3. The van der Waals surface area contributed by atoms with E-state index in [-0.39, 0.29) is 36.4 Å². The number of hydrogen-bond donors (Lipinski definition) is 1. The van der Waals surface area contributed by atoms with Gasteiger partial charge in [-0.2, -0.15) is 4.31 Å². The zero-order valence-electron chi connectivity index (χ0n) is 11.6. The summed E-state index contributed by atoms with van der Waals surface area (Å²) in [6.07, 6.45) is 0.179. The number of rotatable bonds is 9. The van der Waals surface area contributed by atoms with Crippen LogP contribution in [0.3, 0.4) is 0 Å². The summed E-state index contributed by atoms with van der Waals surface area (Å²) >= 11 is 4.75. The molecule has 2 N–H and O–H groups in total. The second-order valence-corrected chi connectivity index (χ2v) is 6.86. The average Bonchev–Trinajstić information content (AvgIpc) is 2.26. The summed E-state index contributed by atoms with van der Waals surface area (Å²) in [6, 6.07) is -0.207. The van der Waals surface area contributed by atoms with Crippen LogP contribution in [-0.4, -0.2) is 48.6 Å². The van der Waals surface area contributed by atoms with E-state index >= 15 is 0 Å². The van der Waals surface area contributed by atoms with Crippen LogP contribution in [0.25, 0.3) is 0 Å². The molecule has 0 heterocycles. The first-order chi connectivity index (χ1) is 8.70. The largest absolute Gasteiger partial charge is 0.466 e. The van der Waals surface area contributed by atoms with Gasteiger partial charge < -0.3 is 10.5 Å². The maximum absolute atomic E-state index is 12.1. The molecule has 0 amide bonds. The van der Waals surface area contributed by atoms with Crippen LogP contribution < -0.4 is 5.73 Å². The van der Waals surface area contributed by atoms with Crippen molar-refractivity contribution < 1.29 is 17.9 Å². The number of hydrogen-bond acceptors (Lipinski definition) is 5. The van der Waals surface area contributed by atoms with Crippen LogP contribution in [0.15, 0.2) is 0 Å². The molecule has 0 aliphatic rings. The van der Waals surface area contributed by atoms with E-state index in [0.29, 0.717) is 6.42 Å². The van der Waals surface area contributed by atoms with Crippen LogP contribution in [0.4, 0.5) is 0 Å². The van der Waals surface area contributed by atoms with Crippen LogP contribution >= 0.6 is 12.2 Å². The smallest absolute Gasteiger partial charge is 0.306 e. The lowest BCUT2D eigenvalue weighted by Crippen LogP contribution is -2.40. The maximum atomic E-state index is 12.1. The van der Waals surface area contributed by atoms with Crippen LogP contribution in [0, 0.1) is 0 Å². The van der Waals surface area contributed by atoms with Gasteiger partial charge in [-0.25, -0.2) is 8.42 Å². The third-order valence-electron chi connectivity index (χ3n) is 2.38. The van der Waals surface area contributed by atoms with Gasteiger partial charge in [-0.3, -0.25) is 4.79 Å². The lowest BCUT2D eigenvalue weighted by molar-refractivity contribution is -0.142. The number of esters is 1. The van der Waals surface area contributed by atoms with E-state index in [1.165, 1.54) is 4.31 Å². The zero-order chi connectivity index (χ0) is 15.1. The minimum Gasteiger partial charge on any atom is -0.466 e. The predicted octanol–water partition coefficient (Wildman–Crippen LogP) is 0.656. The van der Waals surface area contributed by atoms with Crippen molar-refractivity contribution in [1.82, 2.24) is 4.31 Å². The predicted molar refractivity (Wildman–Crippen MR) is 78.3 cm³/mol. The van der Waals surface area contributed by atoms with E-state index in [4.69, 9.17) is 22.7 Å². The van der Waals surface area contributed by atoms with E-state index in [2.05, 4.69) is 0 Å². The highest BCUT2D eigenvalue weighted by molar-refractivity contribution is 7.89. The first kappa shape index (κ1) is 18.3. The Labute approximate surface area is 120 Å². The molecule has 0 aromatic heterocycles. The molecule has 8 heteroatoms. The minimum absolute atomic E-state index is 0.146. The summed E-state index contributed by atoms with van der Waals surface area (Å²) in [6.45, 7) is 5.68. The Bertz CT molecular complexity index is 407. The van der Waals surface area contributed by atoms with Gasteiger partial charge in [0.25, 0.3) is 0 Å². The molecule has 0 saturated carbocycles. The van der Waals surface area contributed by atoms with Gasteiger partial charge in [0.1, 0.15) is 0 Å². The first-order valence-corrected chi connectivity index (χ1v) is 8.16. The molecule has 0 unspecified atom stereocenters. The van der Waals surface area contributed by atoms with E-state index in [1.54, 1.807) is 20.8 Å². The first-order valence-electron chi connectivity index (χ1n) is 6.14. The summed E-state index contributed by atoms with van der Waals surface area (Å²) in [7, 11) is -3.51. The summed E-state index contributed by atoms with van der Waals surface area (Å²) in [5.41, 5.74) is 5.38. The third kappa shape index (κ3) is 7.44. The summed E-state index contributed by atoms with van der Waals surface area (Å²) in [4.78, 5) is 11.5. The zero-order valence-corrected chi connectivity index (χ0v) is 13.2. The fraction of sp³-hybridized carbons (Fsp3) is 0.818. The molecule has 0 aliphatic carbocycles. The highest BCUT2D eigenvalue weighted by Crippen LogP contribution is 2.10. The summed E-state index contributed by atoms with van der Waals surface area (Å²) in [5.74, 6) is -0.773. The fourth-order valence-corrected chi connectivity index (χ4v) is 3.26. The van der Waals surface area contributed by atoms with E-state index in [1.807, 2.05) is 0 Å². The van der Waals surface area contributed by atoms with Crippen LogP contribution in [0.5, 0.6) is 0 Å². The third-order valence-corrected chi connectivity index (χ3v) is 4.62. The molecule has 6 nitrogen and oxygen atoms in total. The molecule has 0 atom stereocenters. The molecule has 0 spiro atoms. The summed E-state index contributed by atoms with van der Waals surface area (Å²) < 4.78 is 30.3. The Morgan fingerprint density at radius 2 is 1.95 bits per heavy atom. The SMILES string of the molecule is CCOC(=O)CCS(=O)(=O)N(CCC(N)=S)C(C)C. The van der Waals surface area contributed by atoms with Crippen molar-refractivity contribution in [3.63, 3.8) is 0 Å². The molecule has 0 rings (SSSR count). The molecular formula is C11H22N2O4S2. The van der Waals surface area contributed by atoms with Crippen molar-refractivity contribution in [2.24, 2.45) is 5.73 Å². The van der Waals surface area contributed by atoms with E-state index in [0.717, 1.165) is 0 Å². The second-order valence-electron chi connectivity index (χ2n) is 4.29. The van der Waals surface area contributed by atoms with Crippen molar-refractivity contribution in [3.8, 4) is 0 Å². The lowest BCUT2D eigenvalue weighted by Gasteiger charge is -2.25. The van der Waals surface area contributed by atoms with Gasteiger partial charge in [-0.15, -0.1) is 0 Å². The van der Waals surface area contributed by atoms with Gasteiger partial charge in [-0.05, 0) is 20.8 Å².